The van der Waals surface area contributed by atoms with E-state index >= 15 is 0 Å². The zero-order chi connectivity index (χ0) is 13.0. The lowest BCUT2D eigenvalue weighted by molar-refractivity contribution is 0.0927. The summed E-state index contributed by atoms with van der Waals surface area (Å²) in [5.41, 5.74) is 6.73. The Morgan fingerprint density at radius 1 is 1.35 bits per heavy atom. The summed E-state index contributed by atoms with van der Waals surface area (Å²) in [5, 5.41) is 2.93. The summed E-state index contributed by atoms with van der Waals surface area (Å²) in [5.74, 6) is 0.750. The maximum absolute atomic E-state index is 12.0. The molecule has 3 N–H and O–H groups in total. The average molecular weight is 236 g/mol. The predicted molar refractivity (Wildman–Crippen MR) is 69.2 cm³/mol. The molecular weight excluding hydrogens is 216 g/mol. The number of rotatable bonds is 4. The van der Waals surface area contributed by atoms with Crippen LogP contribution in [0, 0.1) is 5.92 Å². The van der Waals surface area contributed by atoms with Crippen LogP contribution < -0.4 is 15.8 Å². The topological polar surface area (TPSA) is 64.3 Å². The number of hydrogen-bond donors (Lipinski definition) is 2. The Hall–Kier alpha value is -1.71. The SMILES string of the molecule is COc1cc(N)ccc1C(=O)NC(C)C(C)C. The van der Waals surface area contributed by atoms with Crippen molar-refractivity contribution in [3.8, 4) is 5.75 Å². The Kier molecular flexibility index (Phi) is 4.37. The molecule has 0 heterocycles. The van der Waals surface area contributed by atoms with Crippen molar-refractivity contribution in [2.24, 2.45) is 5.92 Å². The van der Waals surface area contributed by atoms with Gasteiger partial charge in [-0.05, 0) is 25.0 Å². The number of nitrogens with one attached hydrogen (secondary N) is 1. The molecule has 0 spiro atoms. The van der Waals surface area contributed by atoms with Gasteiger partial charge in [-0.1, -0.05) is 13.8 Å². The molecule has 17 heavy (non-hydrogen) atoms. The molecule has 1 amide bonds. The Morgan fingerprint density at radius 2 is 2.00 bits per heavy atom. The van der Waals surface area contributed by atoms with Crippen LogP contribution in [0.2, 0.25) is 0 Å². The number of ether oxygens (including phenoxy) is 1. The molecule has 1 aromatic rings. The highest BCUT2D eigenvalue weighted by atomic mass is 16.5. The second-order valence-electron chi connectivity index (χ2n) is 4.47. The molecule has 4 heteroatoms. The maximum atomic E-state index is 12.0. The van der Waals surface area contributed by atoms with Crippen LogP contribution in [0.15, 0.2) is 18.2 Å². The smallest absolute Gasteiger partial charge is 0.255 e. The third kappa shape index (κ3) is 3.37. The second-order valence-corrected chi connectivity index (χ2v) is 4.47. The molecule has 1 aromatic carbocycles. The number of amides is 1. The molecule has 0 aliphatic rings. The minimum atomic E-state index is -0.136. The molecule has 4 nitrogen and oxygen atoms in total. The van der Waals surface area contributed by atoms with Crippen LogP contribution in [0.5, 0.6) is 5.75 Å². The summed E-state index contributed by atoms with van der Waals surface area (Å²) in [6.07, 6.45) is 0. The highest BCUT2D eigenvalue weighted by molar-refractivity contribution is 5.97. The van der Waals surface area contributed by atoms with E-state index in [9.17, 15) is 4.79 Å². The summed E-state index contributed by atoms with van der Waals surface area (Å²) in [6, 6.07) is 5.13. The number of carbonyl (C=O) groups is 1. The molecule has 1 unspecified atom stereocenters. The Morgan fingerprint density at radius 3 is 2.53 bits per heavy atom. The molecule has 1 atom stereocenters. The first-order chi connectivity index (χ1) is 7.95. The van der Waals surface area contributed by atoms with E-state index in [1.54, 1.807) is 18.2 Å². The van der Waals surface area contributed by atoms with Gasteiger partial charge in [0.15, 0.2) is 0 Å². The van der Waals surface area contributed by atoms with Gasteiger partial charge in [-0.2, -0.15) is 0 Å². The Bertz CT molecular complexity index is 402. The van der Waals surface area contributed by atoms with Crippen molar-refractivity contribution in [2.45, 2.75) is 26.8 Å². The standard InChI is InChI=1S/C13H20N2O2/c1-8(2)9(3)15-13(16)11-6-5-10(14)7-12(11)17-4/h5-9H,14H2,1-4H3,(H,15,16). The van der Waals surface area contributed by atoms with Crippen molar-refractivity contribution < 1.29 is 9.53 Å². The number of hydrogen-bond acceptors (Lipinski definition) is 3. The largest absolute Gasteiger partial charge is 0.496 e. The van der Waals surface area contributed by atoms with Gasteiger partial charge in [0.25, 0.3) is 5.91 Å². The van der Waals surface area contributed by atoms with Crippen LogP contribution in [-0.4, -0.2) is 19.1 Å². The van der Waals surface area contributed by atoms with E-state index in [-0.39, 0.29) is 11.9 Å². The molecular formula is C13H20N2O2. The van der Waals surface area contributed by atoms with Crippen molar-refractivity contribution in [2.75, 3.05) is 12.8 Å². The van der Waals surface area contributed by atoms with Gasteiger partial charge in [0.1, 0.15) is 5.75 Å². The maximum Gasteiger partial charge on any atom is 0.255 e. The molecule has 0 saturated carbocycles. The van der Waals surface area contributed by atoms with E-state index in [2.05, 4.69) is 19.2 Å². The first kappa shape index (κ1) is 13.4. The Balaban J connectivity index is 2.89. The zero-order valence-corrected chi connectivity index (χ0v) is 10.8. The van der Waals surface area contributed by atoms with Gasteiger partial charge in [-0.25, -0.2) is 0 Å². The number of nitrogen functional groups attached to an aromatic ring is 1. The van der Waals surface area contributed by atoms with Crippen LogP contribution >= 0.6 is 0 Å². The predicted octanol–water partition coefficient (Wildman–Crippen LogP) is 2.05. The molecule has 0 bridgehead atoms. The van der Waals surface area contributed by atoms with Gasteiger partial charge in [0, 0.05) is 17.8 Å². The van der Waals surface area contributed by atoms with Gasteiger partial charge in [-0.15, -0.1) is 0 Å². The van der Waals surface area contributed by atoms with Gasteiger partial charge >= 0.3 is 0 Å². The van der Waals surface area contributed by atoms with Crippen LogP contribution in [0.25, 0.3) is 0 Å². The van der Waals surface area contributed by atoms with E-state index in [0.717, 1.165) is 0 Å². The summed E-state index contributed by atoms with van der Waals surface area (Å²) in [6.45, 7) is 6.10. The number of nitrogens with two attached hydrogens (primary N) is 1. The zero-order valence-electron chi connectivity index (χ0n) is 10.8. The van der Waals surface area contributed by atoms with Crippen LogP contribution in [0.4, 0.5) is 5.69 Å². The summed E-state index contributed by atoms with van der Waals surface area (Å²) in [7, 11) is 1.53. The fourth-order valence-electron chi connectivity index (χ4n) is 1.35. The lowest BCUT2D eigenvalue weighted by atomic mass is 10.1. The van der Waals surface area contributed by atoms with E-state index in [4.69, 9.17) is 10.5 Å². The van der Waals surface area contributed by atoms with Gasteiger partial charge in [0.05, 0.1) is 12.7 Å². The summed E-state index contributed by atoms with van der Waals surface area (Å²) in [4.78, 5) is 12.0. The van der Waals surface area contributed by atoms with Crippen molar-refractivity contribution in [1.29, 1.82) is 0 Å². The fraction of sp³-hybridized carbons (Fsp3) is 0.462. The second kappa shape index (κ2) is 5.57. The van der Waals surface area contributed by atoms with Gasteiger partial charge in [0.2, 0.25) is 0 Å². The van der Waals surface area contributed by atoms with Crippen LogP contribution in [0.1, 0.15) is 31.1 Å². The number of anilines is 1. The Labute approximate surface area is 102 Å². The highest BCUT2D eigenvalue weighted by Crippen LogP contribution is 2.21. The van der Waals surface area contributed by atoms with Crippen LogP contribution in [0.3, 0.4) is 0 Å². The lowest BCUT2D eigenvalue weighted by Gasteiger charge is -2.18. The lowest BCUT2D eigenvalue weighted by Crippen LogP contribution is -2.36. The van der Waals surface area contributed by atoms with Crippen LogP contribution in [-0.2, 0) is 0 Å². The highest BCUT2D eigenvalue weighted by Gasteiger charge is 2.16. The van der Waals surface area contributed by atoms with Crippen molar-refractivity contribution in [3.63, 3.8) is 0 Å². The number of carbonyl (C=O) groups excluding carboxylic acids is 1. The quantitative estimate of drug-likeness (QED) is 0.786. The van der Waals surface area contributed by atoms with E-state index in [1.165, 1.54) is 7.11 Å². The summed E-state index contributed by atoms with van der Waals surface area (Å²) < 4.78 is 5.15. The first-order valence-corrected chi connectivity index (χ1v) is 5.70. The molecule has 0 aromatic heterocycles. The molecule has 0 radical (unpaired) electrons. The normalized spacial score (nSPS) is 12.3. The minimum absolute atomic E-state index is 0.116. The molecule has 0 aliphatic carbocycles. The van der Waals surface area contributed by atoms with Crippen molar-refractivity contribution >= 4 is 11.6 Å². The number of methoxy groups -OCH3 is 1. The third-order valence-corrected chi connectivity index (χ3v) is 2.83. The van der Waals surface area contributed by atoms with E-state index in [0.29, 0.717) is 22.9 Å². The molecule has 94 valence electrons. The average Bonchev–Trinajstić information content (AvgIpc) is 2.28. The van der Waals surface area contributed by atoms with Gasteiger partial charge in [-0.3, -0.25) is 4.79 Å². The summed E-state index contributed by atoms with van der Waals surface area (Å²) >= 11 is 0. The van der Waals surface area contributed by atoms with Gasteiger partial charge < -0.3 is 15.8 Å². The van der Waals surface area contributed by atoms with Crippen molar-refractivity contribution in [1.82, 2.24) is 5.32 Å². The molecule has 0 aliphatic heterocycles. The monoisotopic (exact) mass is 236 g/mol. The van der Waals surface area contributed by atoms with Crippen molar-refractivity contribution in [3.05, 3.63) is 23.8 Å². The molecule has 0 fully saturated rings. The minimum Gasteiger partial charge on any atom is -0.496 e. The molecule has 1 rings (SSSR count). The first-order valence-electron chi connectivity index (χ1n) is 5.70. The third-order valence-electron chi connectivity index (χ3n) is 2.83. The number of benzene rings is 1. The molecule has 0 saturated heterocycles. The van der Waals surface area contributed by atoms with E-state index < -0.39 is 0 Å². The van der Waals surface area contributed by atoms with E-state index in [1.807, 2.05) is 6.92 Å². The fourth-order valence-corrected chi connectivity index (χ4v) is 1.35.